The summed E-state index contributed by atoms with van der Waals surface area (Å²) >= 11 is 0. The SMILES string of the molecule is Cc1nc2ccccc2c(-c2ccc(-c3ccncc3)cc2)c1C. The van der Waals surface area contributed by atoms with Crippen molar-refractivity contribution in [2.24, 2.45) is 0 Å². The highest BCUT2D eigenvalue weighted by Crippen LogP contribution is 2.33. The molecule has 0 saturated carbocycles. The van der Waals surface area contributed by atoms with E-state index in [0.717, 1.165) is 11.2 Å². The van der Waals surface area contributed by atoms with Crippen molar-refractivity contribution in [2.45, 2.75) is 13.8 Å². The van der Waals surface area contributed by atoms with Crippen molar-refractivity contribution in [2.75, 3.05) is 0 Å². The molecule has 0 bridgehead atoms. The number of hydrogen-bond donors (Lipinski definition) is 0. The molecule has 0 unspecified atom stereocenters. The molecule has 0 amide bonds. The van der Waals surface area contributed by atoms with Crippen LogP contribution in [0.5, 0.6) is 0 Å². The second kappa shape index (κ2) is 5.89. The first-order valence-electron chi connectivity index (χ1n) is 8.11. The molecule has 0 spiro atoms. The van der Waals surface area contributed by atoms with E-state index in [1.807, 2.05) is 30.6 Å². The highest BCUT2D eigenvalue weighted by molar-refractivity contribution is 5.96. The van der Waals surface area contributed by atoms with E-state index in [1.165, 1.54) is 33.2 Å². The Labute approximate surface area is 141 Å². The fourth-order valence-electron chi connectivity index (χ4n) is 3.18. The molecule has 4 aromatic rings. The first-order chi connectivity index (χ1) is 11.7. The van der Waals surface area contributed by atoms with Gasteiger partial charge < -0.3 is 0 Å². The Morgan fingerprint density at radius 2 is 1.29 bits per heavy atom. The molecular formula is C22H18N2. The van der Waals surface area contributed by atoms with Gasteiger partial charge in [-0.2, -0.15) is 0 Å². The van der Waals surface area contributed by atoms with Crippen LogP contribution in [0.1, 0.15) is 11.3 Å². The average molecular weight is 310 g/mol. The van der Waals surface area contributed by atoms with Gasteiger partial charge >= 0.3 is 0 Å². The van der Waals surface area contributed by atoms with Gasteiger partial charge in [-0.25, -0.2) is 0 Å². The molecule has 2 heterocycles. The van der Waals surface area contributed by atoms with Gasteiger partial charge in [0.1, 0.15) is 0 Å². The van der Waals surface area contributed by atoms with Crippen molar-refractivity contribution in [3.05, 3.63) is 84.3 Å². The van der Waals surface area contributed by atoms with Crippen molar-refractivity contribution in [3.63, 3.8) is 0 Å². The number of aryl methyl sites for hydroxylation is 1. The fourth-order valence-corrected chi connectivity index (χ4v) is 3.18. The summed E-state index contributed by atoms with van der Waals surface area (Å²) in [7, 11) is 0. The number of aromatic nitrogens is 2. The van der Waals surface area contributed by atoms with Gasteiger partial charge in [0, 0.05) is 23.5 Å². The minimum atomic E-state index is 1.05. The lowest BCUT2D eigenvalue weighted by molar-refractivity contribution is 1.20. The molecule has 2 aromatic carbocycles. The van der Waals surface area contributed by atoms with Gasteiger partial charge in [0.25, 0.3) is 0 Å². The fraction of sp³-hybridized carbons (Fsp3) is 0.0909. The van der Waals surface area contributed by atoms with E-state index in [2.05, 4.69) is 61.3 Å². The number of nitrogens with zero attached hydrogens (tertiary/aromatic N) is 2. The highest BCUT2D eigenvalue weighted by Gasteiger charge is 2.11. The quantitative estimate of drug-likeness (QED) is 0.483. The molecule has 0 aliphatic carbocycles. The van der Waals surface area contributed by atoms with E-state index in [1.54, 1.807) is 0 Å². The first kappa shape index (κ1) is 14.6. The van der Waals surface area contributed by atoms with Crippen LogP contribution in [-0.4, -0.2) is 9.97 Å². The smallest absolute Gasteiger partial charge is 0.0711 e. The molecular weight excluding hydrogens is 292 g/mol. The van der Waals surface area contributed by atoms with E-state index >= 15 is 0 Å². The number of benzene rings is 2. The number of fused-ring (bicyclic) bond motifs is 1. The molecule has 2 heteroatoms. The third-order valence-corrected chi connectivity index (χ3v) is 4.57. The van der Waals surface area contributed by atoms with Crippen molar-refractivity contribution in [3.8, 4) is 22.3 Å². The summed E-state index contributed by atoms with van der Waals surface area (Å²) < 4.78 is 0. The monoisotopic (exact) mass is 310 g/mol. The molecule has 0 atom stereocenters. The second-order valence-corrected chi connectivity index (χ2v) is 6.03. The summed E-state index contributed by atoms with van der Waals surface area (Å²) in [6.45, 7) is 4.23. The Morgan fingerprint density at radius 3 is 2.04 bits per heavy atom. The van der Waals surface area contributed by atoms with Crippen molar-refractivity contribution >= 4 is 10.9 Å². The van der Waals surface area contributed by atoms with Crippen LogP contribution in [-0.2, 0) is 0 Å². The molecule has 2 aromatic heterocycles. The standard InChI is InChI=1S/C22H18N2/c1-15-16(2)24-21-6-4-3-5-20(21)22(15)19-9-7-17(8-10-19)18-11-13-23-14-12-18/h3-14H,1-2H3. The summed E-state index contributed by atoms with van der Waals surface area (Å²) in [6.07, 6.45) is 3.65. The van der Waals surface area contributed by atoms with Crippen molar-refractivity contribution in [1.82, 2.24) is 9.97 Å². The topological polar surface area (TPSA) is 25.8 Å². The van der Waals surface area contributed by atoms with E-state index in [-0.39, 0.29) is 0 Å². The molecule has 0 aliphatic rings. The van der Waals surface area contributed by atoms with Gasteiger partial charge in [-0.15, -0.1) is 0 Å². The summed E-state index contributed by atoms with van der Waals surface area (Å²) in [5.41, 5.74) is 8.27. The zero-order chi connectivity index (χ0) is 16.5. The van der Waals surface area contributed by atoms with E-state index in [9.17, 15) is 0 Å². The number of hydrogen-bond acceptors (Lipinski definition) is 2. The molecule has 0 aliphatic heterocycles. The Morgan fingerprint density at radius 1 is 0.667 bits per heavy atom. The number of pyridine rings is 2. The summed E-state index contributed by atoms with van der Waals surface area (Å²) in [5, 5.41) is 1.21. The van der Waals surface area contributed by atoms with Crippen LogP contribution >= 0.6 is 0 Å². The first-order valence-corrected chi connectivity index (χ1v) is 8.11. The largest absolute Gasteiger partial charge is 0.265 e. The van der Waals surface area contributed by atoms with Crippen LogP contribution in [0.4, 0.5) is 0 Å². The van der Waals surface area contributed by atoms with Gasteiger partial charge in [-0.1, -0.05) is 42.5 Å². The van der Waals surface area contributed by atoms with Gasteiger partial charge in [0.2, 0.25) is 0 Å². The van der Waals surface area contributed by atoms with Crippen LogP contribution < -0.4 is 0 Å². The molecule has 0 fully saturated rings. The number of para-hydroxylation sites is 1. The van der Waals surface area contributed by atoms with Gasteiger partial charge in [-0.05, 0) is 59.9 Å². The summed E-state index contributed by atoms with van der Waals surface area (Å²) in [5.74, 6) is 0. The van der Waals surface area contributed by atoms with Gasteiger partial charge in [0.15, 0.2) is 0 Å². The minimum absolute atomic E-state index is 1.05. The Kier molecular flexibility index (Phi) is 3.58. The third-order valence-electron chi connectivity index (χ3n) is 4.57. The van der Waals surface area contributed by atoms with E-state index in [0.29, 0.717) is 0 Å². The van der Waals surface area contributed by atoms with Crippen molar-refractivity contribution in [1.29, 1.82) is 0 Å². The maximum absolute atomic E-state index is 4.72. The Bertz CT molecular complexity index is 1000. The van der Waals surface area contributed by atoms with Crippen LogP contribution in [0.15, 0.2) is 73.1 Å². The summed E-state index contributed by atoms with van der Waals surface area (Å²) in [4.78, 5) is 8.80. The lowest BCUT2D eigenvalue weighted by Crippen LogP contribution is -1.94. The van der Waals surface area contributed by atoms with Crippen LogP contribution in [0.25, 0.3) is 33.2 Å². The highest BCUT2D eigenvalue weighted by atomic mass is 14.7. The third kappa shape index (κ3) is 2.46. The van der Waals surface area contributed by atoms with Gasteiger partial charge in [0.05, 0.1) is 5.52 Å². The average Bonchev–Trinajstić information content (AvgIpc) is 2.64. The van der Waals surface area contributed by atoms with E-state index < -0.39 is 0 Å². The maximum atomic E-state index is 4.72. The van der Waals surface area contributed by atoms with E-state index in [4.69, 9.17) is 4.98 Å². The molecule has 0 saturated heterocycles. The zero-order valence-electron chi connectivity index (χ0n) is 13.8. The molecule has 0 N–H and O–H groups in total. The lowest BCUT2D eigenvalue weighted by atomic mass is 9.94. The van der Waals surface area contributed by atoms with Crippen molar-refractivity contribution < 1.29 is 0 Å². The van der Waals surface area contributed by atoms with Crippen LogP contribution in [0.2, 0.25) is 0 Å². The number of rotatable bonds is 2. The second-order valence-electron chi connectivity index (χ2n) is 6.03. The normalized spacial score (nSPS) is 10.9. The zero-order valence-corrected chi connectivity index (χ0v) is 13.8. The minimum Gasteiger partial charge on any atom is -0.265 e. The van der Waals surface area contributed by atoms with Gasteiger partial charge in [-0.3, -0.25) is 9.97 Å². The van der Waals surface area contributed by atoms with Crippen LogP contribution in [0, 0.1) is 13.8 Å². The predicted molar refractivity (Wildman–Crippen MR) is 99.9 cm³/mol. The molecule has 0 radical (unpaired) electrons. The molecule has 4 rings (SSSR count). The summed E-state index contributed by atoms with van der Waals surface area (Å²) in [6, 6.07) is 21.2. The van der Waals surface area contributed by atoms with Crippen LogP contribution in [0.3, 0.4) is 0 Å². The Balaban J connectivity index is 1.88. The molecule has 2 nitrogen and oxygen atoms in total. The Hall–Kier alpha value is -3.00. The molecule has 116 valence electrons. The maximum Gasteiger partial charge on any atom is 0.0711 e. The molecule has 24 heavy (non-hydrogen) atoms. The predicted octanol–water partition coefficient (Wildman–Crippen LogP) is 5.58. The lowest BCUT2D eigenvalue weighted by Gasteiger charge is -2.13.